The average molecular weight is 329 g/mol. The van der Waals surface area contributed by atoms with Gasteiger partial charge in [0.1, 0.15) is 4.90 Å². The van der Waals surface area contributed by atoms with Gasteiger partial charge in [0.25, 0.3) is 0 Å². The van der Waals surface area contributed by atoms with Gasteiger partial charge in [0.05, 0.1) is 18.2 Å². The monoisotopic (exact) mass is 328 g/mol. The van der Waals surface area contributed by atoms with Crippen molar-refractivity contribution in [2.24, 2.45) is 5.73 Å². The van der Waals surface area contributed by atoms with Gasteiger partial charge in [-0.15, -0.1) is 0 Å². The van der Waals surface area contributed by atoms with E-state index < -0.39 is 10.0 Å². The Labute approximate surface area is 129 Å². The summed E-state index contributed by atoms with van der Waals surface area (Å²) in [4.78, 5) is 0.0491. The highest BCUT2D eigenvalue weighted by Crippen LogP contribution is 2.23. The van der Waals surface area contributed by atoms with Crippen LogP contribution in [0.1, 0.15) is 18.4 Å². The normalized spacial score (nSPS) is 18.9. The van der Waals surface area contributed by atoms with Crippen LogP contribution in [-0.4, -0.2) is 34.2 Å². The Kier molecular flexibility index (Phi) is 5.62. The minimum absolute atomic E-state index is 0.0491. The zero-order chi connectivity index (χ0) is 15.3. The van der Waals surface area contributed by atoms with Crippen LogP contribution in [0.25, 0.3) is 0 Å². The van der Waals surface area contributed by atoms with Crippen LogP contribution in [0.15, 0.2) is 23.1 Å². The van der Waals surface area contributed by atoms with Crippen molar-refractivity contribution in [2.45, 2.75) is 23.8 Å². The zero-order valence-corrected chi connectivity index (χ0v) is 13.0. The molecule has 1 atom stereocenters. The fourth-order valence-corrected chi connectivity index (χ4v) is 3.87. The summed E-state index contributed by atoms with van der Waals surface area (Å²) in [5, 5.41) is 0.142. The van der Waals surface area contributed by atoms with Gasteiger partial charge in [-0.2, -0.15) is 0 Å². The number of sulfonamides is 1. The molecule has 0 spiro atoms. The number of benzene rings is 1. The predicted molar refractivity (Wildman–Crippen MR) is 81.5 cm³/mol. The molecule has 5 nitrogen and oxygen atoms in total. The summed E-state index contributed by atoms with van der Waals surface area (Å²) in [5.41, 5.74) is 5.92. The van der Waals surface area contributed by atoms with E-state index in [1.54, 1.807) is 6.07 Å². The molecule has 114 valence electrons. The molecule has 1 saturated heterocycles. The Hall–Kier alpha value is -1.10. The molecular weight excluding hydrogens is 312 g/mol. The van der Waals surface area contributed by atoms with Crippen molar-refractivity contribution >= 4 is 21.6 Å². The van der Waals surface area contributed by atoms with E-state index in [9.17, 15) is 8.42 Å². The largest absolute Gasteiger partial charge is 0.380 e. The first-order valence-corrected chi connectivity index (χ1v) is 8.47. The molecule has 2 rings (SSSR count). The Morgan fingerprint density at radius 1 is 1.48 bits per heavy atom. The lowest BCUT2D eigenvalue weighted by Crippen LogP contribution is -2.40. The van der Waals surface area contributed by atoms with Crippen molar-refractivity contribution in [3.63, 3.8) is 0 Å². The van der Waals surface area contributed by atoms with Gasteiger partial charge in [-0.3, -0.25) is 0 Å². The van der Waals surface area contributed by atoms with E-state index in [1.165, 1.54) is 12.1 Å². The summed E-state index contributed by atoms with van der Waals surface area (Å²) in [7, 11) is -3.66. The predicted octanol–water partition coefficient (Wildman–Crippen LogP) is 1.11. The molecular formula is C14H17ClN2O3S. The van der Waals surface area contributed by atoms with E-state index in [0.717, 1.165) is 12.8 Å². The van der Waals surface area contributed by atoms with Crippen molar-refractivity contribution in [3.05, 3.63) is 28.8 Å². The van der Waals surface area contributed by atoms with Crippen molar-refractivity contribution in [2.75, 3.05) is 19.8 Å². The molecule has 1 aliphatic heterocycles. The highest BCUT2D eigenvalue weighted by atomic mass is 35.5. The maximum absolute atomic E-state index is 12.3. The van der Waals surface area contributed by atoms with E-state index in [2.05, 4.69) is 16.6 Å². The maximum atomic E-state index is 12.3. The van der Waals surface area contributed by atoms with Crippen LogP contribution in [0, 0.1) is 11.8 Å². The lowest BCUT2D eigenvalue weighted by molar-refractivity contribution is 0.0774. The number of ether oxygens (including phenoxy) is 1. The highest BCUT2D eigenvalue weighted by Gasteiger charge is 2.24. The Balaban J connectivity index is 2.19. The van der Waals surface area contributed by atoms with Crippen molar-refractivity contribution in [1.82, 2.24) is 4.72 Å². The summed E-state index contributed by atoms with van der Waals surface area (Å²) < 4.78 is 32.6. The molecule has 7 heteroatoms. The van der Waals surface area contributed by atoms with Gasteiger partial charge in [0, 0.05) is 18.2 Å². The Morgan fingerprint density at radius 2 is 2.29 bits per heavy atom. The molecule has 0 amide bonds. The van der Waals surface area contributed by atoms with Gasteiger partial charge in [-0.1, -0.05) is 23.4 Å². The molecule has 0 aliphatic carbocycles. The summed E-state index contributed by atoms with van der Waals surface area (Å²) in [5.74, 6) is 5.50. The van der Waals surface area contributed by atoms with Gasteiger partial charge in [-0.25, -0.2) is 13.1 Å². The average Bonchev–Trinajstić information content (AvgIpc) is 2.45. The summed E-state index contributed by atoms with van der Waals surface area (Å²) in [6, 6.07) is 4.38. The fourth-order valence-electron chi connectivity index (χ4n) is 2.07. The second kappa shape index (κ2) is 7.25. The second-order valence-corrected chi connectivity index (χ2v) is 6.78. The van der Waals surface area contributed by atoms with E-state index in [0.29, 0.717) is 18.8 Å². The number of halogens is 1. The lowest BCUT2D eigenvalue weighted by atomic mass is 10.1. The minimum atomic E-state index is -3.66. The SMILES string of the molecule is NCC#Cc1ccc(S(=O)(=O)NC2CCCOC2)c(Cl)c1. The van der Waals surface area contributed by atoms with Crippen molar-refractivity contribution in [1.29, 1.82) is 0 Å². The van der Waals surface area contributed by atoms with Crippen molar-refractivity contribution in [3.8, 4) is 11.8 Å². The molecule has 1 aromatic carbocycles. The third-order valence-corrected chi connectivity index (χ3v) is 5.04. The van der Waals surface area contributed by atoms with Gasteiger partial charge in [-0.05, 0) is 31.0 Å². The van der Waals surface area contributed by atoms with Gasteiger partial charge < -0.3 is 10.5 Å². The molecule has 0 saturated carbocycles. The first-order valence-electron chi connectivity index (χ1n) is 6.61. The number of nitrogens with two attached hydrogens (primary N) is 1. The topological polar surface area (TPSA) is 81.4 Å². The first-order chi connectivity index (χ1) is 10.0. The summed E-state index contributed by atoms with van der Waals surface area (Å²) >= 11 is 6.06. The fraction of sp³-hybridized carbons (Fsp3) is 0.429. The van der Waals surface area contributed by atoms with Crippen molar-refractivity contribution < 1.29 is 13.2 Å². The summed E-state index contributed by atoms with van der Waals surface area (Å²) in [6.45, 7) is 1.30. The third kappa shape index (κ3) is 4.43. The number of nitrogens with one attached hydrogen (secondary N) is 1. The first kappa shape index (κ1) is 16.3. The molecule has 1 unspecified atom stereocenters. The second-order valence-electron chi connectivity index (χ2n) is 4.69. The van der Waals surface area contributed by atoms with E-state index in [1.807, 2.05) is 0 Å². The standard InChI is InChI=1S/C14H17ClN2O3S/c15-13-9-11(3-1-7-16)5-6-14(13)21(18,19)17-12-4-2-8-20-10-12/h5-6,9,12,17H,2,4,7-8,10,16H2. The Morgan fingerprint density at radius 3 is 2.90 bits per heavy atom. The molecule has 21 heavy (non-hydrogen) atoms. The van der Waals surface area contributed by atoms with E-state index >= 15 is 0 Å². The number of rotatable bonds is 3. The third-order valence-electron chi connectivity index (χ3n) is 3.04. The molecule has 1 aliphatic rings. The van der Waals surface area contributed by atoms with E-state index in [4.69, 9.17) is 22.1 Å². The molecule has 0 aromatic heterocycles. The van der Waals surface area contributed by atoms with Gasteiger partial charge >= 0.3 is 0 Å². The zero-order valence-electron chi connectivity index (χ0n) is 11.4. The highest BCUT2D eigenvalue weighted by molar-refractivity contribution is 7.89. The Bertz CT molecular complexity index is 659. The number of hydrogen-bond donors (Lipinski definition) is 2. The van der Waals surface area contributed by atoms with Crippen LogP contribution < -0.4 is 10.5 Å². The lowest BCUT2D eigenvalue weighted by Gasteiger charge is -2.23. The van der Waals surface area contributed by atoms with Gasteiger partial charge in [0.2, 0.25) is 10.0 Å². The van der Waals surface area contributed by atoms with Crippen LogP contribution >= 0.6 is 11.6 Å². The van der Waals surface area contributed by atoms with Crippen LogP contribution in [0.2, 0.25) is 5.02 Å². The quantitative estimate of drug-likeness (QED) is 0.814. The van der Waals surface area contributed by atoms with E-state index in [-0.39, 0.29) is 22.5 Å². The molecule has 1 aromatic rings. The molecule has 1 heterocycles. The summed E-state index contributed by atoms with van der Waals surface area (Å²) in [6.07, 6.45) is 1.60. The maximum Gasteiger partial charge on any atom is 0.242 e. The van der Waals surface area contributed by atoms with Crippen LogP contribution in [0.3, 0.4) is 0 Å². The van der Waals surface area contributed by atoms with Crippen LogP contribution in [0.5, 0.6) is 0 Å². The molecule has 3 N–H and O–H groups in total. The molecule has 0 bridgehead atoms. The van der Waals surface area contributed by atoms with Gasteiger partial charge in [0.15, 0.2) is 0 Å². The molecule has 1 fully saturated rings. The van der Waals surface area contributed by atoms with Crippen LogP contribution in [0.4, 0.5) is 0 Å². The molecule has 0 radical (unpaired) electrons. The van der Waals surface area contributed by atoms with Crippen LogP contribution in [-0.2, 0) is 14.8 Å². The number of hydrogen-bond acceptors (Lipinski definition) is 4. The minimum Gasteiger partial charge on any atom is -0.380 e. The smallest absolute Gasteiger partial charge is 0.242 e.